The van der Waals surface area contributed by atoms with Gasteiger partial charge in [-0.1, -0.05) is 24.7 Å². The summed E-state index contributed by atoms with van der Waals surface area (Å²) in [5.41, 5.74) is 0. The fourth-order valence-corrected chi connectivity index (χ4v) is 0.124. The van der Waals surface area contributed by atoms with Gasteiger partial charge in [0, 0.05) is 0 Å². The SMILES string of the molecule is C#C/C=C\C=C. The lowest BCUT2D eigenvalue weighted by Crippen LogP contribution is -1.39. The van der Waals surface area contributed by atoms with Crippen molar-refractivity contribution in [3.05, 3.63) is 24.8 Å². The zero-order chi connectivity index (χ0) is 4.83. The van der Waals surface area contributed by atoms with Gasteiger partial charge >= 0.3 is 0 Å². The Morgan fingerprint density at radius 1 is 1.67 bits per heavy atom. The van der Waals surface area contributed by atoms with Crippen molar-refractivity contribution in [2.24, 2.45) is 0 Å². The predicted octanol–water partition coefficient (Wildman–Crippen LogP) is 1.36. The highest BCUT2D eigenvalue weighted by Gasteiger charge is 1.47. The molecule has 0 aromatic rings. The average Bonchev–Trinajstić information content (AvgIpc) is 1.61. The van der Waals surface area contributed by atoms with Gasteiger partial charge in [-0.2, -0.15) is 0 Å². The molecule has 0 heteroatoms. The molecule has 0 rings (SSSR count). The summed E-state index contributed by atoms with van der Waals surface area (Å²) in [5, 5.41) is 0. The molecule has 0 saturated carbocycles. The van der Waals surface area contributed by atoms with Crippen LogP contribution < -0.4 is 0 Å². The number of hydrogen-bond donors (Lipinski definition) is 0. The molecule has 0 unspecified atom stereocenters. The Hall–Kier alpha value is -0.960. The van der Waals surface area contributed by atoms with Crippen LogP contribution in [0.15, 0.2) is 24.8 Å². The van der Waals surface area contributed by atoms with Crippen LogP contribution in [-0.2, 0) is 0 Å². The minimum Gasteiger partial charge on any atom is -0.115 e. The normalized spacial score (nSPS) is 7.83. The highest BCUT2D eigenvalue weighted by molar-refractivity contribution is 5.13. The van der Waals surface area contributed by atoms with Crippen molar-refractivity contribution in [3.8, 4) is 12.3 Å². The zero-order valence-corrected chi connectivity index (χ0v) is 3.52. The van der Waals surface area contributed by atoms with E-state index in [2.05, 4.69) is 12.5 Å². The van der Waals surface area contributed by atoms with Gasteiger partial charge in [0.1, 0.15) is 0 Å². The lowest BCUT2D eigenvalue weighted by molar-refractivity contribution is 2.05. The summed E-state index contributed by atoms with van der Waals surface area (Å²) in [4.78, 5) is 0. The molecule has 0 amide bonds. The number of rotatable bonds is 1. The van der Waals surface area contributed by atoms with Crippen LogP contribution >= 0.6 is 0 Å². The highest BCUT2D eigenvalue weighted by atomic mass is 13.5. The fourth-order valence-electron chi connectivity index (χ4n) is 0.124. The summed E-state index contributed by atoms with van der Waals surface area (Å²) < 4.78 is 0. The van der Waals surface area contributed by atoms with Crippen molar-refractivity contribution >= 4 is 0 Å². The van der Waals surface area contributed by atoms with Crippen molar-refractivity contribution in [2.75, 3.05) is 0 Å². The Morgan fingerprint density at radius 3 is 2.50 bits per heavy atom. The topological polar surface area (TPSA) is 0 Å². The van der Waals surface area contributed by atoms with Gasteiger partial charge in [0.2, 0.25) is 0 Å². The molecular formula is C6H6. The minimum atomic E-state index is 1.59. The van der Waals surface area contributed by atoms with Crippen LogP contribution in [0.4, 0.5) is 0 Å². The minimum absolute atomic E-state index is 1.59. The third kappa shape index (κ3) is 3.04. The van der Waals surface area contributed by atoms with Crippen LogP contribution in [0.3, 0.4) is 0 Å². The van der Waals surface area contributed by atoms with E-state index in [4.69, 9.17) is 6.42 Å². The molecule has 0 aliphatic carbocycles. The molecule has 0 aliphatic heterocycles. The van der Waals surface area contributed by atoms with Gasteiger partial charge in [0.05, 0.1) is 0 Å². The Labute approximate surface area is 38.2 Å². The quantitative estimate of drug-likeness (QED) is 0.328. The maximum atomic E-state index is 4.83. The summed E-state index contributed by atoms with van der Waals surface area (Å²) in [5.74, 6) is 2.32. The Morgan fingerprint density at radius 2 is 2.33 bits per heavy atom. The molecule has 0 atom stereocenters. The molecule has 6 heavy (non-hydrogen) atoms. The third-order valence-corrected chi connectivity index (χ3v) is 0.329. The first-order valence-corrected chi connectivity index (χ1v) is 1.65. The average molecular weight is 78.1 g/mol. The monoisotopic (exact) mass is 78.0 g/mol. The second-order valence-corrected chi connectivity index (χ2v) is 0.761. The van der Waals surface area contributed by atoms with Crippen molar-refractivity contribution in [2.45, 2.75) is 0 Å². The highest BCUT2D eigenvalue weighted by Crippen LogP contribution is 1.65. The predicted molar refractivity (Wildman–Crippen MR) is 28.2 cm³/mol. The molecule has 0 N–H and O–H groups in total. The molecule has 0 saturated heterocycles. The van der Waals surface area contributed by atoms with E-state index in [1.807, 2.05) is 0 Å². The van der Waals surface area contributed by atoms with Crippen LogP contribution in [0.2, 0.25) is 0 Å². The molecule has 0 aromatic carbocycles. The van der Waals surface area contributed by atoms with Crippen LogP contribution in [0, 0.1) is 12.3 Å². The summed E-state index contributed by atoms with van der Waals surface area (Å²) in [6.45, 7) is 3.42. The molecule has 0 nitrogen and oxygen atoms in total. The van der Waals surface area contributed by atoms with Gasteiger partial charge < -0.3 is 0 Å². The maximum Gasteiger partial charge on any atom is -0.0122 e. The zero-order valence-electron chi connectivity index (χ0n) is 3.52. The summed E-state index contributed by atoms with van der Waals surface area (Å²) in [6, 6.07) is 0. The van der Waals surface area contributed by atoms with E-state index in [0.29, 0.717) is 0 Å². The lowest BCUT2D eigenvalue weighted by atomic mass is 10.5. The molecule has 0 bridgehead atoms. The van der Waals surface area contributed by atoms with Gasteiger partial charge in [0.15, 0.2) is 0 Å². The van der Waals surface area contributed by atoms with Gasteiger partial charge in [-0.05, 0) is 6.08 Å². The van der Waals surface area contributed by atoms with Crippen LogP contribution in [-0.4, -0.2) is 0 Å². The van der Waals surface area contributed by atoms with E-state index in [1.54, 1.807) is 18.2 Å². The lowest BCUT2D eigenvalue weighted by Gasteiger charge is -1.57. The fraction of sp³-hybridized carbons (Fsp3) is 0. The van der Waals surface area contributed by atoms with Gasteiger partial charge in [-0.15, -0.1) is 6.42 Å². The first kappa shape index (κ1) is 5.04. The van der Waals surface area contributed by atoms with Crippen LogP contribution in [0.5, 0.6) is 0 Å². The Bertz CT molecular complexity index is 91.1. The molecular weight excluding hydrogens is 72.1 g/mol. The second-order valence-electron chi connectivity index (χ2n) is 0.761. The van der Waals surface area contributed by atoms with Gasteiger partial charge in [-0.25, -0.2) is 0 Å². The molecule has 0 aromatic heterocycles. The van der Waals surface area contributed by atoms with E-state index in [0.717, 1.165) is 0 Å². The molecule has 30 valence electrons. The summed E-state index contributed by atoms with van der Waals surface area (Å²) in [6.07, 6.45) is 9.77. The van der Waals surface area contributed by atoms with Crippen molar-refractivity contribution < 1.29 is 0 Å². The van der Waals surface area contributed by atoms with E-state index in [-0.39, 0.29) is 0 Å². The Balaban J connectivity index is 3.26. The molecule has 0 radical (unpaired) electrons. The molecule has 0 heterocycles. The second kappa shape index (κ2) is 4.04. The Kier molecular flexibility index (Phi) is 3.39. The molecule has 0 fully saturated rings. The van der Waals surface area contributed by atoms with E-state index >= 15 is 0 Å². The smallest absolute Gasteiger partial charge is 0.0122 e. The first-order valence-electron chi connectivity index (χ1n) is 1.65. The van der Waals surface area contributed by atoms with Crippen LogP contribution in [0.1, 0.15) is 0 Å². The van der Waals surface area contributed by atoms with E-state index < -0.39 is 0 Å². The van der Waals surface area contributed by atoms with Crippen molar-refractivity contribution in [1.29, 1.82) is 0 Å². The number of hydrogen-bond acceptors (Lipinski definition) is 0. The molecule has 0 spiro atoms. The molecule has 0 aliphatic rings. The largest absolute Gasteiger partial charge is 0.115 e. The van der Waals surface area contributed by atoms with Gasteiger partial charge in [0.25, 0.3) is 0 Å². The van der Waals surface area contributed by atoms with E-state index in [9.17, 15) is 0 Å². The summed E-state index contributed by atoms with van der Waals surface area (Å²) >= 11 is 0. The van der Waals surface area contributed by atoms with Gasteiger partial charge in [-0.3, -0.25) is 0 Å². The summed E-state index contributed by atoms with van der Waals surface area (Å²) in [7, 11) is 0. The van der Waals surface area contributed by atoms with E-state index in [1.165, 1.54) is 0 Å². The maximum absolute atomic E-state index is 4.83. The van der Waals surface area contributed by atoms with Crippen LogP contribution in [0.25, 0.3) is 0 Å². The number of terminal acetylenes is 1. The first-order chi connectivity index (χ1) is 2.91. The number of allylic oxidation sites excluding steroid dienone is 3. The third-order valence-electron chi connectivity index (χ3n) is 0.329. The standard InChI is InChI=1S/C6H6/c1-3-5-6-4-2/h1,4-6H,2H2/b6-5-. The van der Waals surface area contributed by atoms with Crippen molar-refractivity contribution in [3.63, 3.8) is 0 Å². The van der Waals surface area contributed by atoms with Crippen molar-refractivity contribution in [1.82, 2.24) is 0 Å².